The molecule has 0 N–H and O–H groups in total. The van der Waals surface area contributed by atoms with Crippen LogP contribution in [0.25, 0.3) is 0 Å². The molecule has 6 nitrogen and oxygen atoms in total. The van der Waals surface area contributed by atoms with Crippen molar-refractivity contribution >= 4 is 12.1 Å². The van der Waals surface area contributed by atoms with Crippen molar-refractivity contribution in [2.75, 3.05) is 6.61 Å². The molecule has 152 valence electrons. The lowest BCUT2D eigenvalue weighted by molar-refractivity contribution is -0.137. The highest BCUT2D eigenvalue weighted by molar-refractivity contribution is 5.81. The monoisotopic (exact) mass is 395 g/mol. The van der Waals surface area contributed by atoms with Gasteiger partial charge in [0.1, 0.15) is 18.4 Å². The standard InChI is InChI=1S/C23H25NO5/c1-3-5-16-24(23(26)29-18-19-11-7-6-8-12-19)20(21-14-10-17-28-21)13-9-15-22(25)27-4-2/h3,5-12,14-17,20H,1,4,13,18H2,2H3/b15-9+,16-5+/t20-/m0/s1. The minimum absolute atomic E-state index is 0.141. The lowest BCUT2D eigenvalue weighted by Gasteiger charge is -2.26. The maximum atomic E-state index is 12.8. The first kappa shape index (κ1) is 21.8. The summed E-state index contributed by atoms with van der Waals surface area (Å²) in [4.78, 5) is 25.8. The minimum Gasteiger partial charge on any atom is -0.467 e. The Bertz CT molecular complexity index is 824. The Morgan fingerprint density at radius 3 is 2.62 bits per heavy atom. The van der Waals surface area contributed by atoms with Gasteiger partial charge < -0.3 is 13.9 Å². The summed E-state index contributed by atoms with van der Waals surface area (Å²) in [6.07, 6.45) is 9.06. The molecule has 6 heteroatoms. The van der Waals surface area contributed by atoms with E-state index in [4.69, 9.17) is 13.9 Å². The molecule has 1 atom stereocenters. The van der Waals surface area contributed by atoms with Gasteiger partial charge in [0.25, 0.3) is 0 Å². The van der Waals surface area contributed by atoms with Crippen LogP contribution in [0.4, 0.5) is 4.79 Å². The third-order valence-corrected chi connectivity index (χ3v) is 3.91. The number of carbonyl (C=O) groups excluding carboxylic acids is 2. The summed E-state index contributed by atoms with van der Waals surface area (Å²) in [5.41, 5.74) is 0.880. The normalized spacial score (nSPS) is 12.0. The number of amides is 1. The Hall–Kier alpha value is -3.54. The highest BCUT2D eigenvalue weighted by Gasteiger charge is 2.26. The summed E-state index contributed by atoms with van der Waals surface area (Å²) in [5.74, 6) is 0.120. The molecule has 1 heterocycles. The molecular formula is C23H25NO5. The van der Waals surface area contributed by atoms with E-state index in [0.717, 1.165) is 5.56 Å². The number of furan rings is 1. The molecule has 1 aromatic carbocycles. The molecule has 29 heavy (non-hydrogen) atoms. The van der Waals surface area contributed by atoms with Crippen LogP contribution in [0.5, 0.6) is 0 Å². The van der Waals surface area contributed by atoms with E-state index in [1.807, 2.05) is 30.3 Å². The first-order chi connectivity index (χ1) is 14.2. The molecule has 0 spiro atoms. The Morgan fingerprint density at radius 1 is 1.17 bits per heavy atom. The second-order valence-electron chi connectivity index (χ2n) is 5.95. The van der Waals surface area contributed by atoms with E-state index in [1.54, 1.807) is 43.5 Å². The van der Waals surface area contributed by atoms with E-state index in [0.29, 0.717) is 18.8 Å². The molecule has 1 amide bonds. The van der Waals surface area contributed by atoms with E-state index >= 15 is 0 Å². The summed E-state index contributed by atoms with van der Waals surface area (Å²) >= 11 is 0. The van der Waals surface area contributed by atoms with Gasteiger partial charge in [-0.15, -0.1) is 0 Å². The van der Waals surface area contributed by atoms with Crippen LogP contribution >= 0.6 is 0 Å². The number of hydrogen-bond donors (Lipinski definition) is 0. The van der Waals surface area contributed by atoms with Gasteiger partial charge in [-0.25, -0.2) is 9.59 Å². The van der Waals surface area contributed by atoms with E-state index in [9.17, 15) is 9.59 Å². The zero-order chi connectivity index (χ0) is 20.9. The van der Waals surface area contributed by atoms with Crippen LogP contribution in [0.2, 0.25) is 0 Å². The number of benzene rings is 1. The van der Waals surface area contributed by atoms with Crippen molar-refractivity contribution in [2.45, 2.75) is 26.0 Å². The number of hydrogen-bond acceptors (Lipinski definition) is 5. The molecule has 0 aliphatic carbocycles. The Kier molecular flexibility index (Phi) is 9.02. The lowest BCUT2D eigenvalue weighted by Crippen LogP contribution is -2.30. The molecule has 1 aromatic heterocycles. The zero-order valence-electron chi connectivity index (χ0n) is 16.4. The van der Waals surface area contributed by atoms with Crippen LogP contribution in [0, 0.1) is 0 Å². The Balaban J connectivity index is 2.18. The van der Waals surface area contributed by atoms with Gasteiger partial charge in [-0.3, -0.25) is 4.90 Å². The van der Waals surface area contributed by atoms with Crippen molar-refractivity contribution in [2.24, 2.45) is 0 Å². The van der Waals surface area contributed by atoms with Crippen LogP contribution in [0.1, 0.15) is 30.7 Å². The van der Waals surface area contributed by atoms with Crippen molar-refractivity contribution in [3.8, 4) is 0 Å². The second-order valence-corrected chi connectivity index (χ2v) is 5.95. The van der Waals surface area contributed by atoms with Crippen molar-refractivity contribution in [1.82, 2.24) is 4.90 Å². The van der Waals surface area contributed by atoms with Crippen LogP contribution in [0.3, 0.4) is 0 Å². The summed E-state index contributed by atoms with van der Waals surface area (Å²) in [6.45, 7) is 5.82. The van der Waals surface area contributed by atoms with Gasteiger partial charge in [0.05, 0.1) is 12.9 Å². The summed E-state index contributed by atoms with van der Waals surface area (Å²) in [7, 11) is 0. The lowest BCUT2D eigenvalue weighted by atomic mass is 10.1. The summed E-state index contributed by atoms with van der Waals surface area (Å²) in [6, 6.07) is 12.4. The average molecular weight is 395 g/mol. The molecule has 0 aliphatic heterocycles. The fourth-order valence-corrected chi connectivity index (χ4v) is 2.57. The van der Waals surface area contributed by atoms with Crippen LogP contribution in [0.15, 0.2) is 90.2 Å². The molecule has 0 radical (unpaired) electrons. The van der Waals surface area contributed by atoms with E-state index in [1.165, 1.54) is 17.2 Å². The van der Waals surface area contributed by atoms with Gasteiger partial charge in [0.15, 0.2) is 0 Å². The fraction of sp³-hybridized carbons (Fsp3) is 0.217. The molecule has 0 aliphatic rings. The van der Waals surface area contributed by atoms with Gasteiger partial charge in [0.2, 0.25) is 0 Å². The minimum atomic E-state index is -0.544. The first-order valence-electron chi connectivity index (χ1n) is 9.30. The maximum absolute atomic E-state index is 12.8. The van der Waals surface area contributed by atoms with Crippen LogP contribution in [-0.4, -0.2) is 23.6 Å². The van der Waals surface area contributed by atoms with Crippen molar-refractivity contribution in [3.63, 3.8) is 0 Å². The smallest absolute Gasteiger partial charge is 0.414 e. The SMILES string of the molecule is C=C/C=C/N(C(=O)OCc1ccccc1)[C@@H](C/C=C/C(=O)OCC)c1ccco1. The van der Waals surface area contributed by atoms with Crippen LogP contribution in [-0.2, 0) is 20.9 Å². The maximum Gasteiger partial charge on any atom is 0.414 e. The Labute approximate surface area is 170 Å². The number of allylic oxidation sites excluding steroid dienone is 2. The third kappa shape index (κ3) is 7.18. The van der Waals surface area contributed by atoms with E-state index in [2.05, 4.69) is 6.58 Å². The largest absolute Gasteiger partial charge is 0.467 e. The van der Waals surface area contributed by atoms with Gasteiger partial charge in [-0.05, 0) is 37.1 Å². The quantitative estimate of drug-likeness (QED) is 0.315. The molecular weight excluding hydrogens is 370 g/mol. The summed E-state index contributed by atoms with van der Waals surface area (Å²) in [5, 5.41) is 0. The molecule has 0 unspecified atom stereocenters. The topological polar surface area (TPSA) is 69.0 Å². The highest BCUT2D eigenvalue weighted by Crippen LogP contribution is 2.27. The summed E-state index contributed by atoms with van der Waals surface area (Å²) < 4.78 is 15.9. The predicted molar refractivity (Wildman–Crippen MR) is 110 cm³/mol. The van der Waals surface area contributed by atoms with Crippen molar-refractivity contribution in [3.05, 3.63) is 97.1 Å². The van der Waals surface area contributed by atoms with Crippen molar-refractivity contribution < 1.29 is 23.5 Å². The van der Waals surface area contributed by atoms with Gasteiger partial charge >= 0.3 is 12.1 Å². The number of carbonyl (C=O) groups is 2. The third-order valence-electron chi connectivity index (χ3n) is 3.91. The highest BCUT2D eigenvalue weighted by atomic mass is 16.6. The number of ether oxygens (including phenoxy) is 2. The molecule has 2 rings (SSSR count). The molecule has 0 bridgehead atoms. The first-order valence-corrected chi connectivity index (χ1v) is 9.30. The fourth-order valence-electron chi connectivity index (χ4n) is 2.57. The zero-order valence-corrected chi connectivity index (χ0v) is 16.4. The van der Waals surface area contributed by atoms with Gasteiger partial charge in [-0.2, -0.15) is 0 Å². The second kappa shape index (κ2) is 12.0. The number of nitrogens with zero attached hydrogens (tertiary/aromatic N) is 1. The predicted octanol–water partition coefficient (Wildman–Crippen LogP) is 5.17. The van der Waals surface area contributed by atoms with Gasteiger partial charge in [-0.1, -0.05) is 49.1 Å². The van der Waals surface area contributed by atoms with E-state index in [-0.39, 0.29) is 6.61 Å². The van der Waals surface area contributed by atoms with Crippen LogP contribution < -0.4 is 0 Å². The Morgan fingerprint density at radius 2 is 1.97 bits per heavy atom. The molecule has 2 aromatic rings. The molecule has 0 fully saturated rings. The molecule has 0 saturated carbocycles. The average Bonchev–Trinajstić information content (AvgIpc) is 3.26. The molecule has 0 saturated heterocycles. The van der Waals surface area contributed by atoms with Gasteiger partial charge in [0, 0.05) is 12.3 Å². The van der Waals surface area contributed by atoms with E-state index < -0.39 is 18.1 Å². The van der Waals surface area contributed by atoms with Crippen molar-refractivity contribution in [1.29, 1.82) is 0 Å². The number of esters is 1. The number of rotatable bonds is 10.